The first kappa shape index (κ1) is 15.1. The number of alkyl halides is 3. The molecule has 1 aliphatic heterocycles. The molecule has 1 atom stereocenters. The van der Waals surface area contributed by atoms with Crippen LogP contribution in [0.3, 0.4) is 0 Å². The Hall–Kier alpha value is -1.27. The molecular formula is C13H14ClF3N2O. The summed E-state index contributed by atoms with van der Waals surface area (Å²) in [5.41, 5.74) is -1.18. The zero-order chi connectivity index (χ0) is 14.8. The van der Waals surface area contributed by atoms with E-state index in [0.29, 0.717) is 13.0 Å². The molecule has 2 rings (SSSR count). The second kappa shape index (κ2) is 6.01. The van der Waals surface area contributed by atoms with Crippen molar-refractivity contribution in [1.29, 1.82) is 0 Å². The maximum atomic E-state index is 12.9. The first-order valence-corrected chi connectivity index (χ1v) is 6.64. The molecule has 0 radical (unpaired) electrons. The summed E-state index contributed by atoms with van der Waals surface area (Å²) >= 11 is 5.59. The number of halogens is 4. The third-order valence-electron chi connectivity index (χ3n) is 3.21. The van der Waals surface area contributed by atoms with Crippen LogP contribution in [0.5, 0.6) is 0 Å². The number of hydrogen-bond donors (Lipinski definition) is 2. The molecule has 1 heterocycles. The van der Waals surface area contributed by atoms with Gasteiger partial charge in [0, 0.05) is 11.6 Å². The van der Waals surface area contributed by atoms with Gasteiger partial charge in [-0.3, -0.25) is 4.79 Å². The molecule has 0 aliphatic carbocycles. The fourth-order valence-corrected chi connectivity index (χ4v) is 2.34. The number of amides is 1. The summed E-state index contributed by atoms with van der Waals surface area (Å²) < 4.78 is 38.7. The van der Waals surface area contributed by atoms with Crippen LogP contribution in [0.4, 0.5) is 18.9 Å². The number of carbonyl (C=O) groups is 1. The molecule has 110 valence electrons. The van der Waals surface area contributed by atoms with Crippen LogP contribution >= 0.6 is 11.6 Å². The Balaban J connectivity index is 2.18. The highest BCUT2D eigenvalue weighted by Gasteiger charge is 2.34. The number of piperidine rings is 1. The third kappa shape index (κ3) is 3.64. The number of hydrogen-bond acceptors (Lipinski definition) is 2. The SMILES string of the molecule is O=C(Nc1ccc(Cl)cc1C(F)(F)F)C1CCCNC1. The van der Waals surface area contributed by atoms with Crippen molar-refractivity contribution >= 4 is 23.2 Å². The van der Waals surface area contributed by atoms with Gasteiger partial charge in [-0.15, -0.1) is 0 Å². The molecule has 1 saturated heterocycles. The Bertz CT molecular complexity index is 499. The lowest BCUT2D eigenvalue weighted by Crippen LogP contribution is -2.37. The van der Waals surface area contributed by atoms with Gasteiger partial charge in [0.2, 0.25) is 5.91 Å². The zero-order valence-electron chi connectivity index (χ0n) is 10.6. The maximum absolute atomic E-state index is 12.9. The van der Waals surface area contributed by atoms with Crippen LogP contribution in [0, 0.1) is 5.92 Å². The molecule has 1 unspecified atom stereocenters. The lowest BCUT2D eigenvalue weighted by molar-refractivity contribution is -0.137. The summed E-state index contributed by atoms with van der Waals surface area (Å²) in [7, 11) is 0. The zero-order valence-corrected chi connectivity index (χ0v) is 11.3. The first-order valence-electron chi connectivity index (χ1n) is 6.26. The van der Waals surface area contributed by atoms with Gasteiger partial charge in [-0.2, -0.15) is 13.2 Å². The van der Waals surface area contributed by atoms with Gasteiger partial charge in [-0.25, -0.2) is 0 Å². The van der Waals surface area contributed by atoms with Gasteiger partial charge in [0.05, 0.1) is 17.2 Å². The summed E-state index contributed by atoms with van der Waals surface area (Å²) in [6.45, 7) is 1.32. The van der Waals surface area contributed by atoms with Gasteiger partial charge in [0.1, 0.15) is 0 Å². The normalized spacial score (nSPS) is 19.7. The highest BCUT2D eigenvalue weighted by Crippen LogP contribution is 2.36. The predicted molar refractivity (Wildman–Crippen MR) is 70.7 cm³/mol. The molecule has 1 aromatic rings. The summed E-state index contributed by atoms with van der Waals surface area (Å²) in [4.78, 5) is 12.0. The monoisotopic (exact) mass is 306 g/mol. The van der Waals surface area contributed by atoms with E-state index < -0.39 is 17.6 Å². The summed E-state index contributed by atoms with van der Waals surface area (Å²) in [5, 5.41) is 5.39. The molecule has 1 aromatic carbocycles. The Labute approximate surface area is 119 Å². The van der Waals surface area contributed by atoms with Crippen molar-refractivity contribution in [3.05, 3.63) is 28.8 Å². The lowest BCUT2D eigenvalue weighted by atomic mass is 9.98. The molecule has 0 bridgehead atoms. The van der Waals surface area contributed by atoms with Crippen molar-refractivity contribution < 1.29 is 18.0 Å². The van der Waals surface area contributed by atoms with Crippen molar-refractivity contribution in [3.8, 4) is 0 Å². The number of benzene rings is 1. The average Bonchev–Trinajstić information content (AvgIpc) is 2.40. The molecular weight excluding hydrogens is 293 g/mol. The van der Waals surface area contributed by atoms with E-state index in [4.69, 9.17) is 11.6 Å². The minimum Gasteiger partial charge on any atom is -0.325 e. The molecule has 1 fully saturated rings. The van der Waals surface area contributed by atoms with Crippen molar-refractivity contribution in [2.45, 2.75) is 19.0 Å². The molecule has 0 saturated carbocycles. The van der Waals surface area contributed by atoms with Gasteiger partial charge in [-0.1, -0.05) is 11.6 Å². The van der Waals surface area contributed by atoms with Crippen LogP contribution in [0.1, 0.15) is 18.4 Å². The van der Waals surface area contributed by atoms with Crippen LogP contribution in [0.2, 0.25) is 5.02 Å². The Kier molecular flexibility index (Phi) is 4.55. The largest absolute Gasteiger partial charge is 0.418 e. The molecule has 7 heteroatoms. The van der Waals surface area contributed by atoms with Crippen molar-refractivity contribution in [2.24, 2.45) is 5.92 Å². The molecule has 1 aliphatic rings. The lowest BCUT2D eigenvalue weighted by Gasteiger charge is -2.23. The number of anilines is 1. The molecule has 1 amide bonds. The standard InChI is InChI=1S/C13H14ClF3N2O/c14-9-3-4-11(10(6-9)13(15,16)17)19-12(20)8-2-1-5-18-7-8/h3-4,6,8,18H,1-2,5,7H2,(H,19,20). The fourth-order valence-electron chi connectivity index (χ4n) is 2.17. The molecule has 0 spiro atoms. The van der Waals surface area contributed by atoms with E-state index in [2.05, 4.69) is 10.6 Å². The van der Waals surface area contributed by atoms with E-state index in [9.17, 15) is 18.0 Å². The summed E-state index contributed by atoms with van der Waals surface area (Å²) in [6, 6.07) is 3.32. The number of nitrogens with one attached hydrogen (secondary N) is 2. The maximum Gasteiger partial charge on any atom is 0.418 e. The average molecular weight is 307 g/mol. The van der Waals surface area contributed by atoms with Gasteiger partial charge in [0.15, 0.2) is 0 Å². The first-order chi connectivity index (χ1) is 9.38. The van der Waals surface area contributed by atoms with Crippen LogP contribution in [-0.4, -0.2) is 19.0 Å². The fraction of sp³-hybridized carbons (Fsp3) is 0.462. The minimum atomic E-state index is -4.56. The summed E-state index contributed by atoms with van der Waals surface area (Å²) in [5.74, 6) is -0.703. The van der Waals surface area contributed by atoms with E-state index in [1.807, 2.05) is 0 Å². The molecule has 0 aromatic heterocycles. The van der Waals surface area contributed by atoms with E-state index in [1.54, 1.807) is 0 Å². The summed E-state index contributed by atoms with van der Waals surface area (Å²) in [6.07, 6.45) is -3.04. The van der Waals surface area contributed by atoms with E-state index in [1.165, 1.54) is 12.1 Å². The van der Waals surface area contributed by atoms with E-state index >= 15 is 0 Å². The van der Waals surface area contributed by atoms with Crippen LogP contribution < -0.4 is 10.6 Å². The van der Waals surface area contributed by atoms with Crippen molar-refractivity contribution in [3.63, 3.8) is 0 Å². The smallest absolute Gasteiger partial charge is 0.325 e. The molecule has 2 N–H and O–H groups in total. The Morgan fingerprint density at radius 1 is 1.40 bits per heavy atom. The van der Waals surface area contributed by atoms with Crippen LogP contribution in [0.25, 0.3) is 0 Å². The Morgan fingerprint density at radius 2 is 2.15 bits per heavy atom. The second-order valence-electron chi connectivity index (χ2n) is 4.72. The molecule has 20 heavy (non-hydrogen) atoms. The number of carbonyl (C=O) groups excluding carboxylic acids is 1. The van der Waals surface area contributed by atoms with Gasteiger partial charge < -0.3 is 10.6 Å². The second-order valence-corrected chi connectivity index (χ2v) is 5.16. The van der Waals surface area contributed by atoms with Gasteiger partial charge >= 0.3 is 6.18 Å². The molecule has 3 nitrogen and oxygen atoms in total. The quantitative estimate of drug-likeness (QED) is 0.880. The highest BCUT2D eigenvalue weighted by atomic mass is 35.5. The minimum absolute atomic E-state index is 0.0188. The van der Waals surface area contributed by atoms with E-state index in [-0.39, 0.29) is 16.6 Å². The third-order valence-corrected chi connectivity index (χ3v) is 3.45. The predicted octanol–water partition coefficient (Wildman–Crippen LogP) is 3.30. The topological polar surface area (TPSA) is 41.1 Å². The van der Waals surface area contributed by atoms with Crippen LogP contribution in [0.15, 0.2) is 18.2 Å². The van der Waals surface area contributed by atoms with Crippen molar-refractivity contribution in [1.82, 2.24) is 5.32 Å². The highest BCUT2D eigenvalue weighted by molar-refractivity contribution is 6.30. The van der Waals surface area contributed by atoms with Crippen LogP contribution in [-0.2, 0) is 11.0 Å². The van der Waals surface area contributed by atoms with Gasteiger partial charge in [0.25, 0.3) is 0 Å². The number of rotatable bonds is 2. The van der Waals surface area contributed by atoms with Crippen molar-refractivity contribution in [2.75, 3.05) is 18.4 Å². The Morgan fingerprint density at radius 3 is 2.75 bits per heavy atom. The van der Waals surface area contributed by atoms with Gasteiger partial charge in [-0.05, 0) is 37.6 Å². The van der Waals surface area contributed by atoms with E-state index in [0.717, 1.165) is 19.0 Å².